The molecule has 3 rings (SSSR count). The highest BCUT2D eigenvalue weighted by atomic mass is 35.5. The maximum atomic E-state index is 12.9. The van der Waals surface area contributed by atoms with Crippen LogP contribution in [0.15, 0.2) is 45.8 Å². The number of amides is 1. The lowest BCUT2D eigenvalue weighted by Crippen LogP contribution is -2.36. The van der Waals surface area contributed by atoms with Crippen molar-refractivity contribution in [1.82, 2.24) is 4.90 Å². The average Bonchev–Trinajstić information content (AvgIpc) is 3.13. The van der Waals surface area contributed by atoms with Crippen molar-refractivity contribution in [3.8, 4) is 0 Å². The summed E-state index contributed by atoms with van der Waals surface area (Å²) in [5.41, 5.74) is 1.08. The monoisotopic (exact) mass is 419 g/mol. The molecule has 5 nitrogen and oxygen atoms in total. The van der Waals surface area contributed by atoms with Crippen LogP contribution in [-0.2, 0) is 11.0 Å². The van der Waals surface area contributed by atoms with Gasteiger partial charge in [-0.3, -0.25) is 9.59 Å². The first-order valence-corrected chi connectivity index (χ1v) is 8.92. The number of aliphatic hydroxyl groups excluding tert-OH is 1. The van der Waals surface area contributed by atoms with Crippen molar-refractivity contribution in [1.29, 1.82) is 0 Å². The number of carboxylic acids is 1. The van der Waals surface area contributed by atoms with Crippen molar-refractivity contribution < 1.29 is 33.0 Å². The number of hydrogen-bond acceptors (Lipinski definition) is 4. The van der Waals surface area contributed by atoms with Crippen LogP contribution in [0, 0.1) is 0 Å². The molecule has 1 aliphatic heterocycles. The Hall–Kier alpha value is -2.26. The van der Waals surface area contributed by atoms with Gasteiger partial charge < -0.3 is 15.1 Å². The lowest BCUT2D eigenvalue weighted by atomic mass is 9.92. The van der Waals surface area contributed by atoms with E-state index in [1.165, 1.54) is 17.9 Å². The second-order valence-electron chi connectivity index (χ2n) is 6.08. The van der Waals surface area contributed by atoms with Crippen LogP contribution in [-0.4, -0.2) is 33.0 Å². The van der Waals surface area contributed by atoms with Gasteiger partial charge in [-0.2, -0.15) is 13.2 Å². The Labute approximate surface area is 160 Å². The van der Waals surface area contributed by atoms with Gasteiger partial charge in [-0.15, -0.1) is 11.3 Å². The molecule has 27 heavy (non-hydrogen) atoms. The molecule has 1 amide bonds. The molecule has 10 heteroatoms. The van der Waals surface area contributed by atoms with Gasteiger partial charge in [-0.05, 0) is 36.3 Å². The molecule has 2 heterocycles. The third kappa shape index (κ3) is 3.49. The van der Waals surface area contributed by atoms with E-state index in [9.17, 15) is 27.9 Å². The number of nitrogens with zero attached hydrogens (tertiary/aromatic N) is 1. The van der Waals surface area contributed by atoms with Gasteiger partial charge in [-0.1, -0.05) is 11.6 Å². The number of carboxylic acid groups (broad SMARTS) is 1. The molecular formula is C17H13ClF3NO4S. The van der Waals surface area contributed by atoms with Crippen LogP contribution in [0.4, 0.5) is 13.2 Å². The number of carbonyl (C=O) groups excluding carboxylic acids is 1. The summed E-state index contributed by atoms with van der Waals surface area (Å²) in [5, 5.41) is 19.1. The van der Waals surface area contributed by atoms with E-state index in [2.05, 4.69) is 0 Å². The number of halogens is 4. The van der Waals surface area contributed by atoms with Crippen molar-refractivity contribution in [3.05, 3.63) is 55.6 Å². The molecule has 0 spiro atoms. The summed E-state index contributed by atoms with van der Waals surface area (Å²) >= 11 is 6.30. The number of alkyl halides is 3. The maximum absolute atomic E-state index is 12.9. The Kier molecular flexibility index (Phi) is 4.85. The predicted octanol–water partition coefficient (Wildman–Crippen LogP) is 4.68. The number of aliphatic hydroxyl groups is 1. The van der Waals surface area contributed by atoms with Crippen LogP contribution >= 0.6 is 22.9 Å². The summed E-state index contributed by atoms with van der Waals surface area (Å²) in [7, 11) is 0. The van der Waals surface area contributed by atoms with E-state index < -0.39 is 29.0 Å². The zero-order valence-electron chi connectivity index (χ0n) is 13.8. The highest BCUT2D eigenvalue weighted by Crippen LogP contribution is 2.44. The van der Waals surface area contributed by atoms with Gasteiger partial charge >= 0.3 is 12.1 Å². The van der Waals surface area contributed by atoms with Gasteiger partial charge in [0.1, 0.15) is 10.6 Å². The highest BCUT2D eigenvalue weighted by Gasteiger charge is 2.42. The molecule has 0 saturated carbocycles. The molecule has 144 valence electrons. The largest absolute Gasteiger partial charge is 0.507 e. The van der Waals surface area contributed by atoms with Gasteiger partial charge in [0.25, 0.3) is 5.91 Å². The normalized spacial score (nSPS) is 20.1. The average molecular weight is 420 g/mol. The third-order valence-electron chi connectivity index (χ3n) is 4.40. The number of hydrogen-bond donors (Lipinski definition) is 2. The molecule has 2 aliphatic rings. The second kappa shape index (κ2) is 6.72. The molecule has 0 radical (unpaired) electrons. The maximum Gasteiger partial charge on any atom is 0.425 e. The Bertz CT molecular complexity index is 929. The third-order valence-corrected chi connectivity index (χ3v) is 5.87. The van der Waals surface area contributed by atoms with E-state index in [-0.39, 0.29) is 28.5 Å². The molecule has 1 aromatic rings. The molecule has 1 atom stereocenters. The van der Waals surface area contributed by atoms with E-state index in [0.717, 1.165) is 12.1 Å². The summed E-state index contributed by atoms with van der Waals surface area (Å²) in [6.45, 7) is 1.53. The van der Waals surface area contributed by atoms with Crippen molar-refractivity contribution >= 4 is 34.8 Å². The van der Waals surface area contributed by atoms with Gasteiger partial charge in [0, 0.05) is 12.1 Å². The molecule has 1 unspecified atom stereocenters. The summed E-state index contributed by atoms with van der Waals surface area (Å²) in [5.74, 6) is -2.02. The molecule has 0 aromatic carbocycles. The molecular weight excluding hydrogens is 407 g/mol. The number of fused-ring (bicyclic) bond motifs is 1. The first-order chi connectivity index (χ1) is 12.5. The zero-order valence-corrected chi connectivity index (χ0v) is 15.4. The van der Waals surface area contributed by atoms with Crippen LogP contribution in [0.25, 0.3) is 0 Å². The molecule has 2 N–H and O–H groups in total. The Morgan fingerprint density at radius 1 is 1.37 bits per heavy atom. The number of rotatable bonds is 3. The van der Waals surface area contributed by atoms with E-state index in [4.69, 9.17) is 16.7 Å². The molecule has 1 aromatic heterocycles. The van der Waals surface area contributed by atoms with E-state index in [0.29, 0.717) is 28.2 Å². The lowest BCUT2D eigenvalue weighted by Gasteiger charge is -2.28. The topological polar surface area (TPSA) is 77.8 Å². The lowest BCUT2D eigenvalue weighted by molar-refractivity contribution is -0.136. The zero-order chi connectivity index (χ0) is 20.1. The fraction of sp³-hybridized carbons (Fsp3) is 0.294. The first-order valence-electron chi connectivity index (χ1n) is 7.72. The second-order valence-corrected chi connectivity index (χ2v) is 7.62. The fourth-order valence-corrected chi connectivity index (χ4v) is 4.22. The Balaban J connectivity index is 2.03. The Morgan fingerprint density at radius 3 is 2.59 bits per heavy atom. The molecule has 0 bridgehead atoms. The van der Waals surface area contributed by atoms with Crippen LogP contribution in [0.3, 0.4) is 0 Å². The standard InChI is InChI=1S/C17H13ClF3NO4S/c1-7-8(5-15(24)25)9-4-12(23)10(18)6-11(9)22(7)16(26)13-2-3-14(27-13)17(19,20)21/h2-4,11,23H,5-6H2,1H3,(H,24,25). The predicted molar refractivity (Wildman–Crippen MR) is 92.4 cm³/mol. The summed E-state index contributed by atoms with van der Waals surface area (Å²) < 4.78 is 38.5. The fourth-order valence-electron chi connectivity index (χ4n) is 3.21. The summed E-state index contributed by atoms with van der Waals surface area (Å²) in [4.78, 5) is 24.3. The van der Waals surface area contributed by atoms with Crippen LogP contribution < -0.4 is 0 Å². The van der Waals surface area contributed by atoms with E-state index in [1.807, 2.05) is 0 Å². The number of carbonyl (C=O) groups is 2. The summed E-state index contributed by atoms with van der Waals surface area (Å²) in [6, 6.07) is 1.26. The molecule has 0 fully saturated rings. The van der Waals surface area contributed by atoms with Crippen LogP contribution in [0.1, 0.15) is 34.3 Å². The minimum absolute atomic E-state index is 0.0446. The molecule has 0 saturated heterocycles. The van der Waals surface area contributed by atoms with Gasteiger partial charge in [-0.25, -0.2) is 0 Å². The van der Waals surface area contributed by atoms with Gasteiger partial charge in [0.15, 0.2) is 0 Å². The number of allylic oxidation sites excluding steroid dienone is 2. The van der Waals surface area contributed by atoms with E-state index >= 15 is 0 Å². The smallest absolute Gasteiger partial charge is 0.425 e. The van der Waals surface area contributed by atoms with Gasteiger partial charge in [0.05, 0.1) is 22.4 Å². The quantitative estimate of drug-likeness (QED) is 0.745. The first kappa shape index (κ1) is 19.5. The number of thiophene rings is 1. The SMILES string of the molecule is CC1=C(CC(=O)O)C2=CC(O)=C(Cl)CC2N1C(=O)c1ccc(C(F)(F)F)s1. The summed E-state index contributed by atoms with van der Waals surface area (Å²) in [6.07, 6.45) is -3.59. The van der Waals surface area contributed by atoms with Crippen molar-refractivity contribution in [2.45, 2.75) is 32.0 Å². The Morgan fingerprint density at radius 2 is 2.04 bits per heavy atom. The van der Waals surface area contributed by atoms with Crippen molar-refractivity contribution in [2.75, 3.05) is 0 Å². The van der Waals surface area contributed by atoms with E-state index in [1.54, 1.807) is 0 Å². The highest BCUT2D eigenvalue weighted by molar-refractivity contribution is 7.14. The minimum Gasteiger partial charge on any atom is -0.507 e. The van der Waals surface area contributed by atoms with Crippen molar-refractivity contribution in [3.63, 3.8) is 0 Å². The van der Waals surface area contributed by atoms with Crippen molar-refractivity contribution in [2.24, 2.45) is 0 Å². The molecule has 1 aliphatic carbocycles. The van der Waals surface area contributed by atoms with Crippen LogP contribution in [0.2, 0.25) is 0 Å². The van der Waals surface area contributed by atoms with Gasteiger partial charge in [0.2, 0.25) is 0 Å². The van der Waals surface area contributed by atoms with Crippen LogP contribution in [0.5, 0.6) is 0 Å². The number of aliphatic carboxylic acids is 1. The minimum atomic E-state index is -4.55.